The van der Waals surface area contributed by atoms with Gasteiger partial charge in [-0.3, -0.25) is 4.79 Å². The second kappa shape index (κ2) is 5.36. The maximum Gasteiger partial charge on any atom is 0.227 e. The first-order valence-corrected chi connectivity index (χ1v) is 6.29. The van der Waals surface area contributed by atoms with Gasteiger partial charge in [0.2, 0.25) is 5.91 Å². The van der Waals surface area contributed by atoms with Gasteiger partial charge >= 0.3 is 0 Å². The Morgan fingerprint density at radius 3 is 2.76 bits per heavy atom. The van der Waals surface area contributed by atoms with Crippen LogP contribution in [-0.4, -0.2) is 34.9 Å². The number of hydrogen-bond donors (Lipinski definition) is 2. The summed E-state index contributed by atoms with van der Waals surface area (Å²) in [6.45, 7) is 0. The molecule has 1 aromatic rings. The van der Waals surface area contributed by atoms with Crippen LogP contribution in [-0.2, 0) is 11.2 Å². The van der Waals surface area contributed by atoms with Gasteiger partial charge in [0.05, 0.1) is 6.42 Å². The summed E-state index contributed by atoms with van der Waals surface area (Å²) in [6.07, 6.45) is 8.36. The molecule has 1 aromatic heterocycles. The van der Waals surface area contributed by atoms with E-state index in [0.717, 1.165) is 31.2 Å². The number of aromatic nitrogens is 1. The topological polar surface area (TPSA) is 62.1 Å². The van der Waals surface area contributed by atoms with Gasteiger partial charge in [-0.1, -0.05) is 0 Å². The van der Waals surface area contributed by atoms with Gasteiger partial charge in [-0.25, -0.2) is 0 Å². The van der Waals surface area contributed by atoms with E-state index < -0.39 is 0 Å². The van der Waals surface area contributed by atoms with E-state index in [4.69, 9.17) is 5.73 Å². The summed E-state index contributed by atoms with van der Waals surface area (Å²) >= 11 is 0. The predicted molar refractivity (Wildman–Crippen MR) is 67.5 cm³/mol. The fourth-order valence-corrected chi connectivity index (χ4v) is 2.46. The highest BCUT2D eigenvalue weighted by Gasteiger charge is 2.24. The zero-order chi connectivity index (χ0) is 12.3. The van der Waals surface area contributed by atoms with Crippen LogP contribution in [0.1, 0.15) is 31.2 Å². The Morgan fingerprint density at radius 1 is 1.47 bits per heavy atom. The molecule has 1 amide bonds. The van der Waals surface area contributed by atoms with Crippen LogP contribution in [0.3, 0.4) is 0 Å². The number of likely N-dealkylation sites (N-methyl/N-ethyl adjacent to an activating group) is 1. The van der Waals surface area contributed by atoms with Crippen molar-refractivity contribution in [3.05, 3.63) is 24.0 Å². The van der Waals surface area contributed by atoms with Crippen molar-refractivity contribution in [1.29, 1.82) is 0 Å². The molecule has 1 fully saturated rings. The van der Waals surface area contributed by atoms with E-state index in [1.807, 2.05) is 30.4 Å². The van der Waals surface area contributed by atoms with E-state index in [0.29, 0.717) is 18.5 Å². The lowest BCUT2D eigenvalue weighted by Gasteiger charge is -2.33. The third kappa shape index (κ3) is 3.09. The maximum absolute atomic E-state index is 12.1. The van der Waals surface area contributed by atoms with Gasteiger partial charge in [-0.2, -0.15) is 0 Å². The van der Waals surface area contributed by atoms with Crippen molar-refractivity contribution in [2.45, 2.75) is 44.2 Å². The molecule has 0 atom stereocenters. The first kappa shape index (κ1) is 12.2. The molecule has 0 radical (unpaired) electrons. The summed E-state index contributed by atoms with van der Waals surface area (Å²) in [5.74, 6) is 0.199. The summed E-state index contributed by atoms with van der Waals surface area (Å²) in [4.78, 5) is 16.9. The summed E-state index contributed by atoms with van der Waals surface area (Å²) in [5, 5.41) is 0. The van der Waals surface area contributed by atoms with Crippen LogP contribution < -0.4 is 5.73 Å². The molecule has 0 bridgehead atoms. The molecule has 0 unspecified atom stereocenters. The lowest BCUT2D eigenvalue weighted by Crippen LogP contribution is -2.42. The monoisotopic (exact) mass is 235 g/mol. The van der Waals surface area contributed by atoms with Crippen LogP contribution in [0, 0.1) is 0 Å². The molecule has 2 rings (SSSR count). The van der Waals surface area contributed by atoms with E-state index in [-0.39, 0.29) is 5.91 Å². The maximum atomic E-state index is 12.1. The standard InChI is InChI=1S/C13H21N3O/c1-16(12-4-2-11(14)3-5-12)13(17)8-10-6-7-15-9-10/h6-7,9,11-12,15H,2-5,8,14H2,1H3. The highest BCUT2D eigenvalue weighted by Crippen LogP contribution is 2.21. The summed E-state index contributed by atoms with van der Waals surface area (Å²) in [7, 11) is 1.91. The molecule has 94 valence electrons. The van der Waals surface area contributed by atoms with Crippen molar-refractivity contribution in [2.75, 3.05) is 7.05 Å². The van der Waals surface area contributed by atoms with Gasteiger partial charge in [0.15, 0.2) is 0 Å². The Balaban J connectivity index is 1.86. The molecule has 0 saturated heterocycles. The second-order valence-corrected chi connectivity index (χ2v) is 4.97. The van der Waals surface area contributed by atoms with Crippen molar-refractivity contribution in [1.82, 2.24) is 9.88 Å². The summed E-state index contributed by atoms with van der Waals surface area (Å²) in [5.41, 5.74) is 6.93. The molecule has 4 heteroatoms. The molecule has 0 aliphatic heterocycles. The molecule has 0 spiro atoms. The van der Waals surface area contributed by atoms with E-state index in [1.54, 1.807) is 0 Å². The number of aromatic amines is 1. The number of rotatable bonds is 3. The Morgan fingerprint density at radius 2 is 2.18 bits per heavy atom. The molecule has 1 saturated carbocycles. The van der Waals surface area contributed by atoms with Crippen LogP contribution in [0.2, 0.25) is 0 Å². The minimum Gasteiger partial charge on any atom is -0.367 e. The van der Waals surface area contributed by atoms with E-state index in [9.17, 15) is 4.79 Å². The lowest BCUT2D eigenvalue weighted by molar-refractivity contribution is -0.131. The smallest absolute Gasteiger partial charge is 0.227 e. The van der Waals surface area contributed by atoms with Crippen LogP contribution in [0.4, 0.5) is 0 Å². The second-order valence-electron chi connectivity index (χ2n) is 4.97. The minimum absolute atomic E-state index is 0.199. The van der Waals surface area contributed by atoms with Crippen LogP contribution >= 0.6 is 0 Å². The van der Waals surface area contributed by atoms with Gasteiger partial charge < -0.3 is 15.6 Å². The minimum atomic E-state index is 0.199. The van der Waals surface area contributed by atoms with Crippen molar-refractivity contribution < 1.29 is 4.79 Å². The van der Waals surface area contributed by atoms with Crippen LogP contribution in [0.5, 0.6) is 0 Å². The van der Waals surface area contributed by atoms with Gasteiger partial charge in [0, 0.05) is 31.5 Å². The molecule has 17 heavy (non-hydrogen) atoms. The molecule has 3 N–H and O–H groups in total. The number of H-pyrrole nitrogens is 1. The summed E-state index contributed by atoms with van der Waals surface area (Å²) < 4.78 is 0. The van der Waals surface area contributed by atoms with Gasteiger partial charge in [0.25, 0.3) is 0 Å². The average Bonchev–Trinajstić information content (AvgIpc) is 2.82. The average molecular weight is 235 g/mol. The third-order valence-electron chi connectivity index (χ3n) is 3.70. The number of amides is 1. The fraction of sp³-hybridized carbons (Fsp3) is 0.615. The normalized spacial score (nSPS) is 24.6. The quantitative estimate of drug-likeness (QED) is 0.829. The predicted octanol–water partition coefficient (Wildman–Crippen LogP) is 1.29. The zero-order valence-electron chi connectivity index (χ0n) is 10.4. The number of hydrogen-bond acceptors (Lipinski definition) is 2. The molecule has 4 nitrogen and oxygen atoms in total. The number of carbonyl (C=O) groups excluding carboxylic acids is 1. The van der Waals surface area contributed by atoms with E-state index >= 15 is 0 Å². The Labute approximate surface area is 102 Å². The van der Waals surface area contributed by atoms with Gasteiger partial charge in [-0.15, -0.1) is 0 Å². The van der Waals surface area contributed by atoms with Crippen molar-refractivity contribution in [3.63, 3.8) is 0 Å². The Bertz CT molecular complexity index is 353. The Kier molecular flexibility index (Phi) is 3.84. The molecule has 1 aliphatic rings. The van der Waals surface area contributed by atoms with Crippen LogP contribution in [0.25, 0.3) is 0 Å². The van der Waals surface area contributed by atoms with Crippen molar-refractivity contribution in [2.24, 2.45) is 5.73 Å². The summed E-state index contributed by atoms with van der Waals surface area (Å²) in [6, 6.07) is 2.66. The molecule has 0 aromatic carbocycles. The number of nitrogens with two attached hydrogens (primary N) is 1. The first-order valence-electron chi connectivity index (χ1n) is 6.29. The zero-order valence-corrected chi connectivity index (χ0v) is 10.4. The van der Waals surface area contributed by atoms with Crippen molar-refractivity contribution >= 4 is 5.91 Å². The number of nitrogens with zero attached hydrogens (tertiary/aromatic N) is 1. The Hall–Kier alpha value is -1.29. The molecular weight excluding hydrogens is 214 g/mol. The van der Waals surface area contributed by atoms with Crippen molar-refractivity contribution in [3.8, 4) is 0 Å². The SMILES string of the molecule is CN(C(=O)Cc1cc[nH]c1)C1CCC(N)CC1. The highest BCUT2D eigenvalue weighted by atomic mass is 16.2. The van der Waals surface area contributed by atoms with Gasteiger partial charge in [-0.05, 0) is 37.3 Å². The van der Waals surface area contributed by atoms with E-state index in [1.165, 1.54) is 0 Å². The molecule has 1 heterocycles. The number of nitrogens with one attached hydrogen (secondary N) is 1. The van der Waals surface area contributed by atoms with E-state index in [2.05, 4.69) is 4.98 Å². The number of carbonyl (C=O) groups is 1. The van der Waals surface area contributed by atoms with Crippen LogP contribution in [0.15, 0.2) is 18.5 Å². The molecular formula is C13H21N3O. The largest absolute Gasteiger partial charge is 0.367 e. The lowest BCUT2D eigenvalue weighted by atomic mass is 9.91. The van der Waals surface area contributed by atoms with Gasteiger partial charge in [0.1, 0.15) is 0 Å². The third-order valence-corrected chi connectivity index (χ3v) is 3.70. The molecule has 1 aliphatic carbocycles. The highest BCUT2D eigenvalue weighted by molar-refractivity contribution is 5.78. The fourth-order valence-electron chi connectivity index (χ4n) is 2.46. The first-order chi connectivity index (χ1) is 8.16.